The lowest BCUT2D eigenvalue weighted by atomic mass is 10.4. The van der Waals surface area contributed by atoms with Gasteiger partial charge in [-0.15, -0.1) is 0 Å². The first-order valence-corrected chi connectivity index (χ1v) is 3.27. The third-order valence-electron chi connectivity index (χ3n) is 1.08. The van der Waals surface area contributed by atoms with E-state index in [2.05, 4.69) is 9.97 Å². The molecule has 0 aliphatic heterocycles. The number of hydrogen-bond donors (Lipinski definition) is 1. The van der Waals surface area contributed by atoms with Crippen LogP contribution >= 0.6 is 0 Å². The lowest BCUT2D eigenvalue weighted by Crippen LogP contribution is -1.71. The van der Waals surface area contributed by atoms with E-state index in [1.165, 1.54) is 0 Å². The van der Waals surface area contributed by atoms with E-state index in [1.54, 1.807) is 6.33 Å². The van der Waals surface area contributed by atoms with E-state index in [0.29, 0.717) is 0 Å². The second-order valence-electron chi connectivity index (χ2n) is 1.61. The average molecular weight is 126 g/mol. The van der Waals surface area contributed by atoms with Gasteiger partial charge in [-0.05, 0) is 13.8 Å². The highest BCUT2D eigenvalue weighted by molar-refractivity contribution is 5.04. The molecule has 0 unspecified atom stereocenters. The number of rotatable bonds is 0. The minimum absolute atomic E-state index is 1.08. The summed E-state index contributed by atoms with van der Waals surface area (Å²) in [6.45, 7) is 7.98. The van der Waals surface area contributed by atoms with Gasteiger partial charge >= 0.3 is 0 Å². The molecule has 0 saturated heterocycles. The van der Waals surface area contributed by atoms with Crippen molar-refractivity contribution in [2.75, 3.05) is 0 Å². The van der Waals surface area contributed by atoms with Crippen LogP contribution < -0.4 is 0 Å². The number of aryl methyl sites for hydroxylation is 2. The van der Waals surface area contributed by atoms with Gasteiger partial charge in [0.25, 0.3) is 0 Å². The average Bonchev–Trinajstić information content (AvgIpc) is 2.23. The van der Waals surface area contributed by atoms with Crippen molar-refractivity contribution in [3.63, 3.8) is 0 Å². The van der Waals surface area contributed by atoms with Crippen LogP contribution in [0.25, 0.3) is 0 Å². The molecule has 52 valence electrons. The van der Waals surface area contributed by atoms with E-state index in [-0.39, 0.29) is 0 Å². The molecule has 1 rings (SSSR count). The standard InChI is InChI=1S/C5H8N2.C2H6/c1-4-5(2)7-3-6-4;1-2/h3H,1-2H3,(H,6,7);1-2H3. The maximum Gasteiger partial charge on any atom is 0.0925 e. The molecule has 0 bridgehead atoms. The molecular weight excluding hydrogens is 112 g/mol. The largest absolute Gasteiger partial charge is 0.348 e. The summed E-state index contributed by atoms with van der Waals surface area (Å²) in [5.74, 6) is 0. The minimum atomic E-state index is 1.08. The number of imidazole rings is 1. The SMILES string of the molecule is CC.Cc1nc[nH]c1C. The molecule has 1 N–H and O–H groups in total. The van der Waals surface area contributed by atoms with Gasteiger partial charge in [-0.1, -0.05) is 13.8 Å². The van der Waals surface area contributed by atoms with Crippen molar-refractivity contribution in [3.8, 4) is 0 Å². The van der Waals surface area contributed by atoms with E-state index < -0.39 is 0 Å². The number of nitrogens with one attached hydrogen (secondary N) is 1. The van der Waals surface area contributed by atoms with Crippen molar-refractivity contribution in [2.24, 2.45) is 0 Å². The van der Waals surface area contributed by atoms with E-state index >= 15 is 0 Å². The first-order valence-electron chi connectivity index (χ1n) is 3.27. The number of nitrogens with zero attached hydrogens (tertiary/aromatic N) is 1. The second kappa shape index (κ2) is 4.13. The van der Waals surface area contributed by atoms with Gasteiger partial charge in [-0.2, -0.15) is 0 Å². The van der Waals surface area contributed by atoms with Gasteiger partial charge in [-0.3, -0.25) is 0 Å². The summed E-state index contributed by atoms with van der Waals surface area (Å²) in [6.07, 6.45) is 1.70. The maximum atomic E-state index is 3.96. The van der Waals surface area contributed by atoms with Gasteiger partial charge < -0.3 is 4.98 Å². The van der Waals surface area contributed by atoms with Gasteiger partial charge in [0, 0.05) is 5.69 Å². The Hall–Kier alpha value is -0.790. The van der Waals surface area contributed by atoms with E-state index in [1.807, 2.05) is 27.7 Å². The van der Waals surface area contributed by atoms with Crippen LogP contribution in [0.3, 0.4) is 0 Å². The van der Waals surface area contributed by atoms with Gasteiger partial charge in [0.1, 0.15) is 0 Å². The van der Waals surface area contributed by atoms with Gasteiger partial charge in [0.05, 0.1) is 12.0 Å². The predicted octanol–water partition coefficient (Wildman–Crippen LogP) is 2.05. The highest BCUT2D eigenvalue weighted by atomic mass is 14.9. The van der Waals surface area contributed by atoms with Crippen LogP contribution in [0.2, 0.25) is 0 Å². The Morgan fingerprint density at radius 3 is 2.00 bits per heavy atom. The molecule has 0 fully saturated rings. The molecule has 0 aliphatic rings. The fourth-order valence-corrected chi connectivity index (χ4v) is 0.427. The Morgan fingerprint density at radius 1 is 1.33 bits per heavy atom. The van der Waals surface area contributed by atoms with Crippen LogP contribution in [0.15, 0.2) is 6.33 Å². The van der Waals surface area contributed by atoms with Crippen LogP contribution in [0.5, 0.6) is 0 Å². The van der Waals surface area contributed by atoms with Gasteiger partial charge in [0.15, 0.2) is 0 Å². The molecule has 0 spiro atoms. The zero-order valence-corrected chi connectivity index (χ0v) is 6.52. The molecule has 0 aliphatic carbocycles. The highest BCUT2D eigenvalue weighted by Crippen LogP contribution is 1.94. The fourth-order valence-electron chi connectivity index (χ4n) is 0.427. The molecule has 2 nitrogen and oxygen atoms in total. The molecule has 1 heterocycles. The first-order chi connectivity index (χ1) is 4.30. The van der Waals surface area contributed by atoms with Gasteiger partial charge in [-0.25, -0.2) is 4.98 Å². The Bertz CT molecular complexity index is 139. The van der Waals surface area contributed by atoms with Crippen LogP contribution in [0, 0.1) is 13.8 Å². The fraction of sp³-hybridized carbons (Fsp3) is 0.571. The molecule has 0 atom stereocenters. The molecule has 0 amide bonds. The molecule has 0 radical (unpaired) electrons. The third-order valence-corrected chi connectivity index (χ3v) is 1.08. The number of aromatic nitrogens is 2. The van der Waals surface area contributed by atoms with Crippen molar-refractivity contribution >= 4 is 0 Å². The quantitative estimate of drug-likeness (QED) is 0.566. The van der Waals surface area contributed by atoms with Crippen LogP contribution in [-0.2, 0) is 0 Å². The molecule has 1 aromatic heterocycles. The number of H-pyrrole nitrogens is 1. The predicted molar refractivity (Wildman–Crippen MR) is 39.4 cm³/mol. The number of aromatic amines is 1. The molecule has 1 aromatic rings. The van der Waals surface area contributed by atoms with Crippen molar-refractivity contribution in [1.82, 2.24) is 9.97 Å². The summed E-state index contributed by atoms with van der Waals surface area (Å²) >= 11 is 0. The monoisotopic (exact) mass is 126 g/mol. The van der Waals surface area contributed by atoms with Crippen LogP contribution in [-0.4, -0.2) is 9.97 Å². The Morgan fingerprint density at radius 2 is 1.89 bits per heavy atom. The summed E-state index contributed by atoms with van der Waals surface area (Å²) < 4.78 is 0. The zero-order valence-electron chi connectivity index (χ0n) is 6.52. The first kappa shape index (κ1) is 8.21. The number of hydrogen-bond acceptors (Lipinski definition) is 1. The molecule has 0 aromatic carbocycles. The topological polar surface area (TPSA) is 28.7 Å². The van der Waals surface area contributed by atoms with Crippen molar-refractivity contribution in [2.45, 2.75) is 27.7 Å². The van der Waals surface area contributed by atoms with Gasteiger partial charge in [0.2, 0.25) is 0 Å². The molecule has 0 saturated carbocycles. The van der Waals surface area contributed by atoms with E-state index in [0.717, 1.165) is 11.4 Å². The van der Waals surface area contributed by atoms with E-state index in [9.17, 15) is 0 Å². The maximum absolute atomic E-state index is 3.96. The molecular formula is C7H14N2. The summed E-state index contributed by atoms with van der Waals surface area (Å²) in [6, 6.07) is 0. The minimum Gasteiger partial charge on any atom is -0.348 e. The molecule has 2 heteroatoms. The molecule has 9 heavy (non-hydrogen) atoms. The van der Waals surface area contributed by atoms with Crippen molar-refractivity contribution in [3.05, 3.63) is 17.7 Å². The zero-order chi connectivity index (χ0) is 7.28. The normalized spacial score (nSPS) is 8.00. The summed E-state index contributed by atoms with van der Waals surface area (Å²) in [5.41, 5.74) is 2.24. The van der Waals surface area contributed by atoms with Crippen molar-refractivity contribution < 1.29 is 0 Å². The summed E-state index contributed by atoms with van der Waals surface area (Å²) in [5, 5.41) is 0. The lowest BCUT2D eigenvalue weighted by Gasteiger charge is -1.79. The highest BCUT2D eigenvalue weighted by Gasteiger charge is 1.87. The van der Waals surface area contributed by atoms with Crippen LogP contribution in [0.1, 0.15) is 25.2 Å². The lowest BCUT2D eigenvalue weighted by molar-refractivity contribution is 1.22. The Labute approximate surface area is 56.3 Å². The second-order valence-corrected chi connectivity index (χ2v) is 1.61. The summed E-state index contributed by atoms with van der Waals surface area (Å²) in [7, 11) is 0. The van der Waals surface area contributed by atoms with E-state index in [4.69, 9.17) is 0 Å². The third kappa shape index (κ3) is 2.31. The van der Waals surface area contributed by atoms with Crippen molar-refractivity contribution in [1.29, 1.82) is 0 Å². The smallest absolute Gasteiger partial charge is 0.0925 e. The Kier molecular flexibility index (Phi) is 3.76. The van der Waals surface area contributed by atoms with Crippen LogP contribution in [0.4, 0.5) is 0 Å². The summed E-state index contributed by atoms with van der Waals surface area (Å²) in [4.78, 5) is 6.92. The Balaban J connectivity index is 0.000000291.